The molecule has 2 nitrogen and oxygen atoms in total. The van der Waals surface area contributed by atoms with Gasteiger partial charge in [-0.1, -0.05) is 45.2 Å². The van der Waals surface area contributed by atoms with Crippen LogP contribution in [0.4, 0.5) is 0 Å². The molecule has 2 aromatic carbocycles. The first-order chi connectivity index (χ1) is 12.0. The van der Waals surface area contributed by atoms with Crippen LogP contribution in [0.3, 0.4) is 0 Å². The van der Waals surface area contributed by atoms with Gasteiger partial charge in [-0.3, -0.25) is 0 Å². The molecule has 0 aliphatic heterocycles. The van der Waals surface area contributed by atoms with Crippen LogP contribution in [-0.2, 0) is 13.0 Å². The number of halogens is 4. The minimum atomic E-state index is 0. The van der Waals surface area contributed by atoms with Gasteiger partial charge in [-0.05, 0) is 73.5 Å². The number of benzene rings is 2. The third kappa shape index (κ3) is 5.51. The van der Waals surface area contributed by atoms with E-state index in [2.05, 4.69) is 40.3 Å². The zero-order valence-electron chi connectivity index (χ0n) is 14.2. The second-order valence-corrected chi connectivity index (χ2v) is 7.65. The summed E-state index contributed by atoms with van der Waals surface area (Å²) < 4.78 is 7.03. The van der Waals surface area contributed by atoms with E-state index in [0.717, 1.165) is 40.1 Å². The largest absolute Gasteiger partial charge is 0.460 e. The zero-order valence-corrected chi connectivity index (χ0v) is 18.1. The first kappa shape index (κ1) is 21.3. The van der Waals surface area contributed by atoms with E-state index in [0.29, 0.717) is 16.6 Å². The maximum absolute atomic E-state index is 6.19. The van der Waals surface area contributed by atoms with Gasteiger partial charge in [0.25, 0.3) is 0 Å². The van der Waals surface area contributed by atoms with Crippen LogP contribution in [0.5, 0.6) is 0 Å². The molecule has 0 saturated heterocycles. The third-order valence-corrected chi connectivity index (χ3v) is 5.08. The fraction of sp³-hybridized carbons (Fsp3) is 0.200. The first-order valence-electron chi connectivity index (χ1n) is 8.03. The molecular weight excluding hydrogens is 456 g/mol. The Hall–Kier alpha value is -0.970. The Kier molecular flexibility index (Phi) is 8.05. The van der Waals surface area contributed by atoms with Crippen LogP contribution >= 0.6 is 51.5 Å². The number of rotatable bonds is 6. The van der Waals surface area contributed by atoms with Gasteiger partial charge in [0, 0.05) is 20.1 Å². The van der Waals surface area contributed by atoms with Gasteiger partial charge in [-0.15, -0.1) is 12.4 Å². The molecule has 138 valence electrons. The van der Waals surface area contributed by atoms with Gasteiger partial charge in [0.1, 0.15) is 11.5 Å². The number of furan rings is 1. The lowest BCUT2D eigenvalue weighted by molar-refractivity contribution is 0.494. The second kappa shape index (κ2) is 9.82. The zero-order chi connectivity index (χ0) is 17.8. The van der Waals surface area contributed by atoms with Crippen LogP contribution in [0.15, 0.2) is 57.4 Å². The number of nitrogens with one attached hydrogen (secondary N) is 1. The highest BCUT2D eigenvalue weighted by atomic mass is 79.9. The van der Waals surface area contributed by atoms with Crippen molar-refractivity contribution in [2.24, 2.45) is 0 Å². The maximum atomic E-state index is 6.19. The van der Waals surface area contributed by atoms with E-state index in [9.17, 15) is 0 Å². The van der Waals surface area contributed by atoms with Crippen LogP contribution in [0.1, 0.15) is 16.9 Å². The van der Waals surface area contributed by atoms with E-state index in [-0.39, 0.29) is 12.4 Å². The molecule has 0 aliphatic carbocycles. The van der Waals surface area contributed by atoms with Crippen LogP contribution in [0.2, 0.25) is 10.0 Å². The van der Waals surface area contributed by atoms with Crippen molar-refractivity contribution < 1.29 is 4.42 Å². The van der Waals surface area contributed by atoms with Gasteiger partial charge in [0.15, 0.2) is 0 Å². The Bertz CT molecular complexity index is 879. The summed E-state index contributed by atoms with van der Waals surface area (Å²) in [6, 6.07) is 15.8. The van der Waals surface area contributed by atoms with Crippen molar-refractivity contribution in [3.63, 3.8) is 0 Å². The van der Waals surface area contributed by atoms with Crippen molar-refractivity contribution in [3.05, 3.63) is 79.9 Å². The van der Waals surface area contributed by atoms with Gasteiger partial charge >= 0.3 is 0 Å². The molecule has 3 rings (SSSR count). The summed E-state index contributed by atoms with van der Waals surface area (Å²) in [6.45, 7) is 3.58. The van der Waals surface area contributed by atoms with Crippen LogP contribution in [0.25, 0.3) is 11.3 Å². The van der Waals surface area contributed by atoms with Crippen LogP contribution in [-0.4, -0.2) is 6.54 Å². The molecular formula is C20H19BrCl3NO. The lowest BCUT2D eigenvalue weighted by atomic mass is 10.1. The summed E-state index contributed by atoms with van der Waals surface area (Å²) in [4.78, 5) is 0. The standard InChI is InChI=1S/C20H18BrCl2NO.ClH/c1-13-10-15(21)3-6-18(13)20-7-5-17(25-20)12-24-9-8-14-2-4-16(22)11-19(14)23;/h2-7,10-11,24H,8-9,12H2,1H3;1H. The molecule has 1 aromatic heterocycles. The molecule has 26 heavy (non-hydrogen) atoms. The van der Waals surface area contributed by atoms with E-state index >= 15 is 0 Å². The third-order valence-electron chi connectivity index (χ3n) is 4.00. The molecule has 0 amide bonds. The summed E-state index contributed by atoms with van der Waals surface area (Å²) in [5.41, 5.74) is 3.38. The Balaban J connectivity index is 0.00000243. The molecule has 0 atom stereocenters. The average molecular weight is 476 g/mol. The predicted octanol–water partition coefficient (Wildman–Crippen LogP) is 7.08. The fourth-order valence-electron chi connectivity index (χ4n) is 2.68. The molecule has 0 fully saturated rings. The van der Waals surface area contributed by atoms with Gasteiger partial charge < -0.3 is 9.73 Å². The molecule has 0 spiro atoms. The van der Waals surface area contributed by atoms with Gasteiger partial charge in [0.2, 0.25) is 0 Å². The van der Waals surface area contributed by atoms with Crippen molar-refractivity contribution in [3.8, 4) is 11.3 Å². The molecule has 0 bridgehead atoms. The topological polar surface area (TPSA) is 25.2 Å². The monoisotopic (exact) mass is 473 g/mol. The predicted molar refractivity (Wildman–Crippen MR) is 116 cm³/mol. The normalized spacial score (nSPS) is 10.6. The van der Waals surface area contributed by atoms with Gasteiger partial charge in [-0.2, -0.15) is 0 Å². The Morgan fingerprint density at radius 1 is 1.04 bits per heavy atom. The highest BCUT2D eigenvalue weighted by Crippen LogP contribution is 2.28. The SMILES string of the molecule is Cc1cc(Br)ccc1-c1ccc(CNCCc2ccc(Cl)cc2Cl)o1.Cl. The fourth-order valence-corrected chi connectivity index (χ4v) is 3.66. The number of hydrogen-bond acceptors (Lipinski definition) is 2. The quantitative estimate of drug-likeness (QED) is 0.386. The highest BCUT2D eigenvalue weighted by Gasteiger charge is 2.08. The van der Waals surface area contributed by atoms with Crippen molar-refractivity contribution in [2.45, 2.75) is 19.9 Å². The first-order valence-corrected chi connectivity index (χ1v) is 9.58. The smallest absolute Gasteiger partial charge is 0.134 e. The summed E-state index contributed by atoms with van der Waals surface area (Å²) in [5.74, 6) is 1.81. The minimum absolute atomic E-state index is 0. The molecule has 3 aromatic rings. The van der Waals surface area contributed by atoms with E-state index < -0.39 is 0 Å². The Labute approximate surface area is 178 Å². The molecule has 0 saturated carbocycles. The van der Waals surface area contributed by atoms with E-state index in [1.807, 2.05) is 30.3 Å². The molecule has 1 N–H and O–H groups in total. The number of aryl methyl sites for hydroxylation is 1. The van der Waals surface area contributed by atoms with Crippen molar-refractivity contribution in [1.82, 2.24) is 5.32 Å². The van der Waals surface area contributed by atoms with E-state index in [4.69, 9.17) is 27.6 Å². The molecule has 0 radical (unpaired) electrons. The average Bonchev–Trinajstić information content (AvgIpc) is 3.02. The lowest BCUT2D eigenvalue weighted by Crippen LogP contribution is -2.16. The van der Waals surface area contributed by atoms with Crippen molar-refractivity contribution in [2.75, 3.05) is 6.54 Å². The van der Waals surface area contributed by atoms with E-state index in [1.54, 1.807) is 6.07 Å². The molecule has 6 heteroatoms. The summed E-state index contributed by atoms with van der Waals surface area (Å²) in [5, 5.41) is 4.76. The summed E-state index contributed by atoms with van der Waals surface area (Å²) in [6.07, 6.45) is 0.843. The van der Waals surface area contributed by atoms with Crippen molar-refractivity contribution in [1.29, 1.82) is 0 Å². The number of hydrogen-bond donors (Lipinski definition) is 1. The van der Waals surface area contributed by atoms with Crippen molar-refractivity contribution >= 4 is 51.5 Å². The van der Waals surface area contributed by atoms with E-state index in [1.165, 1.54) is 5.56 Å². The molecule has 1 heterocycles. The molecule has 0 unspecified atom stereocenters. The van der Waals surface area contributed by atoms with Crippen LogP contribution < -0.4 is 5.32 Å². The molecule has 0 aliphatic rings. The Morgan fingerprint density at radius 3 is 2.58 bits per heavy atom. The minimum Gasteiger partial charge on any atom is -0.460 e. The lowest BCUT2D eigenvalue weighted by Gasteiger charge is -2.06. The summed E-state index contributed by atoms with van der Waals surface area (Å²) in [7, 11) is 0. The highest BCUT2D eigenvalue weighted by molar-refractivity contribution is 9.10. The van der Waals surface area contributed by atoms with Crippen LogP contribution in [0, 0.1) is 6.92 Å². The van der Waals surface area contributed by atoms with Gasteiger partial charge in [-0.25, -0.2) is 0 Å². The Morgan fingerprint density at radius 2 is 1.85 bits per heavy atom. The van der Waals surface area contributed by atoms with Gasteiger partial charge in [0.05, 0.1) is 6.54 Å². The summed E-state index contributed by atoms with van der Waals surface area (Å²) >= 11 is 15.6. The second-order valence-electron chi connectivity index (χ2n) is 5.89. The maximum Gasteiger partial charge on any atom is 0.134 e.